The quantitative estimate of drug-likeness (QED) is 0.522. The van der Waals surface area contributed by atoms with Crippen molar-refractivity contribution in [1.29, 1.82) is 0 Å². The summed E-state index contributed by atoms with van der Waals surface area (Å²) in [4.78, 5) is 35.0. The van der Waals surface area contributed by atoms with Crippen molar-refractivity contribution in [3.63, 3.8) is 0 Å². The summed E-state index contributed by atoms with van der Waals surface area (Å²) in [6.45, 7) is 4.15. The van der Waals surface area contributed by atoms with Crippen LogP contribution in [0.4, 0.5) is 4.79 Å². The molecule has 0 saturated heterocycles. The van der Waals surface area contributed by atoms with Crippen LogP contribution in [0, 0.1) is 0 Å². The minimum absolute atomic E-state index is 0.127. The molecule has 0 aliphatic heterocycles. The topological polar surface area (TPSA) is 128 Å². The molecule has 0 aliphatic rings. The molecule has 1 amide bonds. The number of hydrogen-bond acceptors (Lipinski definition) is 6. The molecule has 1 aromatic carbocycles. The zero-order chi connectivity index (χ0) is 18.4. The number of carbonyl (C=O) groups excluding carboxylic acids is 2. The lowest BCUT2D eigenvalue weighted by molar-refractivity contribution is -0.161. The average Bonchev–Trinajstić information content (AvgIpc) is 2.49. The van der Waals surface area contributed by atoms with Crippen molar-refractivity contribution in [1.82, 2.24) is 5.32 Å². The normalized spacial score (nSPS) is 13.5. The van der Waals surface area contributed by atoms with Crippen LogP contribution in [0.3, 0.4) is 0 Å². The van der Waals surface area contributed by atoms with E-state index in [-0.39, 0.29) is 6.61 Å². The maximum atomic E-state index is 12.1. The molecule has 24 heavy (non-hydrogen) atoms. The predicted molar refractivity (Wildman–Crippen MR) is 85.0 cm³/mol. The van der Waals surface area contributed by atoms with Gasteiger partial charge in [0.05, 0.1) is 6.54 Å². The molecule has 0 radical (unpaired) electrons. The highest BCUT2D eigenvalue weighted by atomic mass is 16.6. The van der Waals surface area contributed by atoms with E-state index in [1.165, 1.54) is 0 Å². The number of ether oxygens (including phenoxy) is 2. The van der Waals surface area contributed by atoms with Gasteiger partial charge in [0.2, 0.25) is 5.54 Å². The summed E-state index contributed by atoms with van der Waals surface area (Å²) >= 11 is 0. The smallest absolute Gasteiger partial charge is 0.407 e. The van der Waals surface area contributed by atoms with E-state index >= 15 is 0 Å². The van der Waals surface area contributed by atoms with Gasteiger partial charge in [0, 0.05) is 0 Å². The molecular formula is C16H22N2O6. The molecule has 132 valence electrons. The van der Waals surface area contributed by atoms with Gasteiger partial charge < -0.3 is 25.6 Å². The molecule has 4 N–H and O–H groups in total. The second kappa shape index (κ2) is 7.78. The number of carboxylic acid groups (broad SMARTS) is 1. The third kappa shape index (κ3) is 5.88. The Morgan fingerprint density at radius 3 is 2.25 bits per heavy atom. The van der Waals surface area contributed by atoms with Crippen molar-refractivity contribution in [2.24, 2.45) is 5.73 Å². The van der Waals surface area contributed by atoms with Gasteiger partial charge in [0.25, 0.3) is 0 Å². The number of rotatable bonds is 6. The molecule has 8 nitrogen and oxygen atoms in total. The number of alkyl carbamates (subject to hydrolysis) is 1. The van der Waals surface area contributed by atoms with E-state index in [2.05, 4.69) is 5.32 Å². The van der Waals surface area contributed by atoms with E-state index in [1.807, 2.05) is 0 Å². The molecule has 1 unspecified atom stereocenters. The lowest BCUT2D eigenvalue weighted by atomic mass is 10.0. The number of nitrogens with one attached hydrogen (secondary N) is 1. The van der Waals surface area contributed by atoms with Crippen LogP contribution in [-0.4, -0.2) is 40.8 Å². The van der Waals surface area contributed by atoms with E-state index in [9.17, 15) is 19.5 Å². The second-order valence-electron chi connectivity index (χ2n) is 6.19. The molecule has 0 heterocycles. The van der Waals surface area contributed by atoms with Crippen LogP contribution >= 0.6 is 0 Å². The van der Waals surface area contributed by atoms with Crippen LogP contribution in [0.15, 0.2) is 30.3 Å². The largest absolute Gasteiger partial charge is 0.479 e. The molecule has 0 spiro atoms. The zero-order valence-corrected chi connectivity index (χ0v) is 13.9. The van der Waals surface area contributed by atoms with Crippen LogP contribution < -0.4 is 11.1 Å². The predicted octanol–water partition coefficient (Wildman–Crippen LogP) is 1.04. The summed E-state index contributed by atoms with van der Waals surface area (Å²) in [6, 6.07) is 8.72. The highest BCUT2D eigenvalue weighted by molar-refractivity contribution is 6.04. The van der Waals surface area contributed by atoms with Crippen molar-refractivity contribution in [3.8, 4) is 0 Å². The fraction of sp³-hybridized carbons (Fsp3) is 0.438. The first kappa shape index (κ1) is 19.4. The van der Waals surface area contributed by atoms with Gasteiger partial charge in [0.1, 0.15) is 12.2 Å². The van der Waals surface area contributed by atoms with Gasteiger partial charge in [-0.15, -0.1) is 0 Å². The number of hydrogen-bond donors (Lipinski definition) is 3. The Kier molecular flexibility index (Phi) is 6.30. The molecule has 0 aliphatic carbocycles. The second-order valence-corrected chi connectivity index (χ2v) is 6.19. The highest BCUT2D eigenvalue weighted by Crippen LogP contribution is 2.09. The van der Waals surface area contributed by atoms with Crippen LogP contribution in [-0.2, 0) is 25.7 Å². The van der Waals surface area contributed by atoms with E-state index in [0.29, 0.717) is 5.56 Å². The van der Waals surface area contributed by atoms with Crippen molar-refractivity contribution >= 4 is 18.0 Å². The van der Waals surface area contributed by atoms with Gasteiger partial charge in [-0.2, -0.15) is 0 Å². The molecule has 0 aromatic heterocycles. The molecular weight excluding hydrogens is 316 g/mol. The molecule has 1 rings (SSSR count). The average molecular weight is 338 g/mol. The van der Waals surface area contributed by atoms with E-state index in [1.54, 1.807) is 51.1 Å². The number of nitrogens with two attached hydrogens (primary N) is 1. The Balaban J connectivity index is 2.67. The summed E-state index contributed by atoms with van der Waals surface area (Å²) in [5.74, 6) is -2.77. The molecule has 0 fully saturated rings. The first-order chi connectivity index (χ1) is 11.0. The lowest BCUT2D eigenvalue weighted by Crippen LogP contribution is -2.62. The van der Waals surface area contributed by atoms with Gasteiger partial charge in [-0.05, 0) is 26.3 Å². The number of carbonyl (C=O) groups is 3. The van der Waals surface area contributed by atoms with Crippen LogP contribution in [0.1, 0.15) is 26.3 Å². The molecule has 0 saturated carbocycles. The third-order valence-electron chi connectivity index (χ3n) is 2.87. The van der Waals surface area contributed by atoms with E-state index in [4.69, 9.17) is 15.2 Å². The van der Waals surface area contributed by atoms with Crippen LogP contribution in [0.5, 0.6) is 0 Å². The van der Waals surface area contributed by atoms with Crippen LogP contribution in [0.25, 0.3) is 0 Å². The molecule has 0 bridgehead atoms. The Labute approximate surface area is 139 Å². The third-order valence-corrected chi connectivity index (χ3v) is 2.87. The Morgan fingerprint density at radius 2 is 1.75 bits per heavy atom. The number of amides is 1. The minimum Gasteiger partial charge on any atom is -0.479 e. The Hall–Kier alpha value is -2.61. The fourth-order valence-electron chi connectivity index (χ4n) is 1.61. The van der Waals surface area contributed by atoms with Crippen molar-refractivity contribution in [2.45, 2.75) is 38.5 Å². The number of carboxylic acids is 1. The SMILES string of the molecule is CC(C)(C)OC(=O)NCC(N)(C(=O)O)C(=O)OCc1ccccc1. The molecule has 8 heteroatoms. The fourth-order valence-corrected chi connectivity index (χ4v) is 1.61. The summed E-state index contributed by atoms with van der Waals surface area (Å²) in [7, 11) is 0. The first-order valence-electron chi connectivity index (χ1n) is 7.25. The summed E-state index contributed by atoms with van der Waals surface area (Å²) in [6.07, 6.45) is -0.880. The maximum absolute atomic E-state index is 12.1. The summed E-state index contributed by atoms with van der Waals surface area (Å²) in [5.41, 5.74) is 3.12. The zero-order valence-electron chi connectivity index (χ0n) is 13.9. The highest BCUT2D eigenvalue weighted by Gasteiger charge is 2.44. The van der Waals surface area contributed by atoms with Gasteiger partial charge in [0.15, 0.2) is 0 Å². The van der Waals surface area contributed by atoms with Gasteiger partial charge >= 0.3 is 18.0 Å². The number of aliphatic carboxylic acids is 1. The molecule has 1 aromatic rings. The summed E-state index contributed by atoms with van der Waals surface area (Å²) < 4.78 is 9.92. The summed E-state index contributed by atoms with van der Waals surface area (Å²) in [5, 5.41) is 11.4. The first-order valence-corrected chi connectivity index (χ1v) is 7.25. The Morgan fingerprint density at radius 1 is 1.17 bits per heavy atom. The van der Waals surface area contributed by atoms with Crippen molar-refractivity contribution < 1.29 is 29.0 Å². The minimum atomic E-state index is -2.41. The van der Waals surface area contributed by atoms with Crippen molar-refractivity contribution in [2.75, 3.05) is 6.54 Å². The van der Waals surface area contributed by atoms with Gasteiger partial charge in [-0.25, -0.2) is 14.4 Å². The van der Waals surface area contributed by atoms with Crippen molar-refractivity contribution in [3.05, 3.63) is 35.9 Å². The monoisotopic (exact) mass is 338 g/mol. The lowest BCUT2D eigenvalue weighted by Gasteiger charge is -2.25. The number of esters is 1. The molecule has 1 atom stereocenters. The van der Waals surface area contributed by atoms with Gasteiger partial charge in [-0.1, -0.05) is 30.3 Å². The van der Waals surface area contributed by atoms with Gasteiger partial charge in [-0.3, -0.25) is 0 Å². The van der Waals surface area contributed by atoms with E-state index < -0.39 is 35.7 Å². The number of benzene rings is 1. The Bertz CT molecular complexity index is 596. The van der Waals surface area contributed by atoms with E-state index in [0.717, 1.165) is 0 Å². The maximum Gasteiger partial charge on any atom is 0.407 e. The standard InChI is InChI=1S/C16H22N2O6/c1-15(2,3)24-14(22)18-10-16(17,12(19)20)13(21)23-9-11-7-5-4-6-8-11/h4-8H,9-10,17H2,1-3H3,(H,18,22)(H,19,20). The van der Waals surface area contributed by atoms with Crippen LogP contribution in [0.2, 0.25) is 0 Å².